The fourth-order valence-electron chi connectivity index (χ4n) is 1.62. The lowest BCUT2D eigenvalue weighted by molar-refractivity contribution is -0.126. The first-order valence-corrected chi connectivity index (χ1v) is 5.97. The summed E-state index contributed by atoms with van der Waals surface area (Å²) < 4.78 is 5.65. The molecule has 1 amide bonds. The van der Waals surface area contributed by atoms with E-state index in [0.717, 1.165) is 0 Å². The molecule has 0 saturated heterocycles. The maximum Gasteiger partial charge on any atom is 0.258 e. The number of carbonyl (C=O) groups is 1. The fourth-order valence-corrected chi connectivity index (χ4v) is 1.62. The Balaban J connectivity index is 2.86. The second-order valence-corrected chi connectivity index (χ2v) is 4.91. The normalized spacial score (nSPS) is 12.8. The van der Waals surface area contributed by atoms with Crippen LogP contribution in [0, 0.1) is 5.92 Å². The van der Waals surface area contributed by atoms with Crippen LogP contribution in [-0.4, -0.2) is 12.0 Å². The molecule has 0 aliphatic carbocycles. The van der Waals surface area contributed by atoms with Gasteiger partial charge in [0.15, 0.2) is 6.10 Å². The Labute approximate surface area is 103 Å². The molecule has 0 aliphatic rings. The van der Waals surface area contributed by atoms with Crippen molar-refractivity contribution in [3.05, 3.63) is 29.8 Å². The molecule has 1 rings (SSSR count). The molecule has 94 valence electrons. The van der Waals surface area contributed by atoms with Crippen LogP contribution < -0.4 is 10.5 Å². The van der Waals surface area contributed by atoms with Gasteiger partial charge in [-0.2, -0.15) is 0 Å². The number of nitrogens with two attached hydrogens (primary N) is 1. The molecular formula is C14H21NO2. The first kappa shape index (κ1) is 13.6. The van der Waals surface area contributed by atoms with Gasteiger partial charge in [0.05, 0.1) is 0 Å². The summed E-state index contributed by atoms with van der Waals surface area (Å²) in [7, 11) is 0. The Morgan fingerprint density at radius 2 is 1.88 bits per heavy atom. The summed E-state index contributed by atoms with van der Waals surface area (Å²) in [6.45, 7) is 8.07. The summed E-state index contributed by atoms with van der Waals surface area (Å²) in [6, 6.07) is 7.79. The van der Waals surface area contributed by atoms with Crippen molar-refractivity contribution in [1.82, 2.24) is 0 Å². The summed E-state index contributed by atoms with van der Waals surface area (Å²) in [6.07, 6.45) is -0.572. The molecular weight excluding hydrogens is 214 g/mol. The zero-order chi connectivity index (χ0) is 13.0. The van der Waals surface area contributed by atoms with E-state index in [0.29, 0.717) is 11.7 Å². The van der Waals surface area contributed by atoms with E-state index in [1.54, 1.807) is 0 Å². The number of hydrogen-bond donors (Lipinski definition) is 1. The second kappa shape index (κ2) is 5.71. The average Bonchev–Trinajstić information content (AvgIpc) is 2.25. The largest absolute Gasteiger partial charge is 0.480 e. The summed E-state index contributed by atoms with van der Waals surface area (Å²) >= 11 is 0. The van der Waals surface area contributed by atoms with Gasteiger partial charge in [-0.3, -0.25) is 4.79 Å². The van der Waals surface area contributed by atoms with Gasteiger partial charge in [-0.15, -0.1) is 0 Å². The summed E-state index contributed by atoms with van der Waals surface area (Å²) in [5, 5.41) is 0. The molecule has 0 spiro atoms. The van der Waals surface area contributed by atoms with E-state index in [2.05, 4.69) is 13.8 Å². The van der Waals surface area contributed by atoms with Crippen LogP contribution >= 0.6 is 0 Å². The monoisotopic (exact) mass is 235 g/mol. The molecule has 1 aromatic rings. The molecule has 0 aromatic heterocycles. The Morgan fingerprint density at radius 1 is 1.24 bits per heavy atom. The third kappa shape index (κ3) is 3.77. The third-order valence-corrected chi connectivity index (χ3v) is 2.67. The molecule has 0 fully saturated rings. The molecule has 1 aromatic carbocycles. The highest BCUT2D eigenvalue weighted by Gasteiger charge is 2.21. The molecule has 0 heterocycles. The van der Waals surface area contributed by atoms with Gasteiger partial charge in [-0.05, 0) is 29.5 Å². The zero-order valence-corrected chi connectivity index (χ0v) is 10.9. The lowest BCUT2D eigenvalue weighted by atomic mass is 10.0. The number of rotatable bonds is 5. The smallest absolute Gasteiger partial charge is 0.258 e. The Hall–Kier alpha value is -1.51. The predicted octanol–water partition coefficient (Wildman–Crippen LogP) is 2.70. The molecule has 2 N–H and O–H groups in total. The van der Waals surface area contributed by atoms with E-state index in [-0.39, 0.29) is 5.92 Å². The lowest BCUT2D eigenvalue weighted by Gasteiger charge is -2.20. The van der Waals surface area contributed by atoms with Gasteiger partial charge in [0.2, 0.25) is 0 Å². The van der Waals surface area contributed by atoms with Crippen molar-refractivity contribution < 1.29 is 9.53 Å². The SMILES string of the molecule is CC(C)c1cccc(OC(C(N)=O)C(C)C)c1. The highest BCUT2D eigenvalue weighted by Crippen LogP contribution is 2.22. The molecule has 0 bridgehead atoms. The zero-order valence-electron chi connectivity index (χ0n) is 10.9. The Kier molecular flexibility index (Phi) is 4.55. The van der Waals surface area contributed by atoms with Crippen molar-refractivity contribution in [2.75, 3.05) is 0 Å². The molecule has 3 heteroatoms. The van der Waals surface area contributed by atoms with E-state index in [9.17, 15) is 4.79 Å². The van der Waals surface area contributed by atoms with Crippen LogP contribution in [0.1, 0.15) is 39.2 Å². The maximum absolute atomic E-state index is 11.3. The highest BCUT2D eigenvalue weighted by molar-refractivity contribution is 5.79. The molecule has 1 unspecified atom stereocenters. The number of ether oxygens (including phenoxy) is 1. The van der Waals surface area contributed by atoms with Gasteiger partial charge in [0.1, 0.15) is 5.75 Å². The van der Waals surface area contributed by atoms with E-state index >= 15 is 0 Å². The standard InChI is InChI=1S/C14H21NO2/c1-9(2)11-6-5-7-12(8-11)17-13(10(3)4)14(15)16/h5-10,13H,1-4H3,(H2,15,16). The fraction of sp³-hybridized carbons (Fsp3) is 0.500. The minimum atomic E-state index is -0.572. The maximum atomic E-state index is 11.3. The number of benzene rings is 1. The van der Waals surface area contributed by atoms with E-state index in [4.69, 9.17) is 10.5 Å². The van der Waals surface area contributed by atoms with Gasteiger partial charge < -0.3 is 10.5 Å². The van der Waals surface area contributed by atoms with Crippen LogP contribution in [-0.2, 0) is 4.79 Å². The molecule has 0 saturated carbocycles. The molecule has 3 nitrogen and oxygen atoms in total. The number of carbonyl (C=O) groups excluding carboxylic acids is 1. The van der Waals surface area contributed by atoms with Crippen LogP contribution in [0.25, 0.3) is 0 Å². The van der Waals surface area contributed by atoms with Gasteiger partial charge in [-0.1, -0.05) is 39.8 Å². The first-order chi connectivity index (χ1) is 7.91. The second-order valence-electron chi connectivity index (χ2n) is 4.91. The van der Waals surface area contributed by atoms with Crippen LogP contribution in [0.4, 0.5) is 0 Å². The van der Waals surface area contributed by atoms with E-state index in [1.807, 2.05) is 38.1 Å². The van der Waals surface area contributed by atoms with Gasteiger partial charge in [-0.25, -0.2) is 0 Å². The molecule has 17 heavy (non-hydrogen) atoms. The highest BCUT2D eigenvalue weighted by atomic mass is 16.5. The van der Waals surface area contributed by atoms with Crippen LogP contribution in [0.3, 0.4) is 0 Å². The number of primary amides is 1. The first-order valence-electron chi connectivity index (χ1n) is 5.97. The van der Waals surface area contributed by atoms with Crippen molar-refractivity contribution >= 4 is 5.91 Å². The summed E-state index contributed by atoms with van der Waals surface area (Å²) in [5.41, 5.74) is 6.51. The van der Waals surface area contributed by atoms with Crippen LogP contribution in [0.5, 0.6) is 5.75 Å². The van der Waals surface area contributed by atoms with Crippen molar-refractivity contribution in [2.24, 2.45) is 11.7 Å². The van der Waals surface area contributed by atoms with Gasteiger partial charge in [0, 0.05) is 0 Å². The van der Waals surface area contributed by atoms with Gasteiger partial charge >= 0.3 is 0 Å². The van der Waals surface area contributed by atoms with Crippen LogP contribution in [0.2, 0.25) is 0 Å². The average molecular weight is 235 g/mol. The predicted molar refractivity (Wildman–Crippen MR) is 69.0 cm³/mol. The van der Waals surface area contributed by atoms with Crippen molar-refractivity contribution in [3.63, 3.8) is 0 Å². The molecule has 0 aliphatic heterocycles. The minimum Gasteiger partial charge on any atom is -0.480 e. The van der Waals surface area contributed by atoms with Crippen molar-refractivity contribution in [3.8, 4) is 5.75 Å². The number of amides is 1. The Bertz CT molecular complexity index is 386. The summed E-state index contributed by atoms with van der Waals surface area (Å²) in [4.78, 5) is 11.3. The number of hydrogen-bond acceptors (Lipinski definition) is 2. The Morgan fingerprint density at radius 3 is 2.35 bits per heavy atom. The quantitative estimate of drug-likeness (QED) is 0.853. The van der Waals surface area contributed by atoms with E-state index < -0.39 is 12.0 Å². The molecule has 0 radical (unpaired) electrons. The van der Waals surface area contributed by atoms with Crippen molar-refractivity contribution in [2.45, 2.75) is 39.7 Å². The van der Waals surface area contributed by atoms with Gasteiger partial charge in [0.25, 0.3) is 5.91 Å². The molecule has 1 atom stereocenters. The lowest BCUT2D eigenvalue weighted by Crippen LogP contribution is -2.37. The van der Waals surface area contributed by atoms with Crippen LogP contribution in [0.15, 0.2) is 24.3 Å². The minimum absolute atomic E-state index is 0.0650. The van der Waals surface area contributed by atoms with Crippen molar-refractivity contribution in [1.29, 1.82) is 0 Å². The van der Waals surface area contributed by atoms with E-state index in [1.165, 1.54) is 5.56 Å². The third-order valence-electron chi connectivity index (χ3n) is 2.67. The summed E-state index contributed by atoms with van der Waals surface area (Å²) in [5.74, 6) is 0.781. The topological polar surface area (TPSA) is 52.3 Å².